The number of rotatable bonds is 10. The number of H-pyrrole nitrogens is 2. The average Bonchev–Trinajstić information content (AvgIpc) is 4.09. The van der Waals surface area contributed by atoms with Gasteiger partial charge in [0.15, 0.2) is 0 Å². The van der Waals surface area contributed by atoms with Crippen molar-refractivity contribution in [3.63, 3.8) is 0 Å². The molecule has 0 saturated carbocycles. The summed E-state index contributed by atoms with van der Waals surface area (Å²) >= 11 is 0. The standard InChI is InChI=1S/C44H44N8O6/c1-50(44(56)57)38(30-13-7-4-8-14-30)42(54)52-24-9-15-35(52)39-45-26-34(48-39)28-19-17-27(18-20-28)31-21-22-32-33(25-31)47-40(46-32)36-16-10-23-51(36)41(53)37(49-43(55)58-2)29-11-5-3-6-12-29/h3-8,11-14,17-22,25-26,35-38H,9-10,15-16,23-24H2,1-2H3,(H,45,48)(H,46,47)(H,49,55)(H,56,57)/t35-,36-,37+,38+/m0/s1. The van der Waals surface area contributed by atoms with Crippen molar-refractivity contribution >= 4 is 35.0 Å². The smallest absolute Gasteiger partial charge is 0.407 e. The third kappa shape index (κ3) is 7.48. The van der Waals surface area contributed by atoms with Crippen LogP contribution in [0, 0.1) is 0 Å². The second-order valence-electron chi connectivity index (χ2n) is 14.7. The van der Waals surface area contributed by atoms with Gasteiger partial charge in [0.25, 0.3) is 11.8 Å². The molecule has 6 aromatic rings. The molecule has 0 radical (unpaired) electrons. The van der Waals surface area contributed by atoms with Gasteiger partial charge in [0.1, 0.15) is 23.7 Å². The summed E-state index contributed by atoms with van der Waals surface area (Å²) in [6.45, 7) is 1.05. The maximum Gasteiger partial charge on any atom is 0.407 e. The fourth-order valence-electron chi connectivity index (χ4n) is 8.20. The zero-order chi connectivity index (χ0) is 40.3. The highest BCUT2D eigenvalue weighted by Crippen LogP contribution is 2.37. The molecule has 2 saturated heterocycles. The molecule has 14 heteroatoms. The molecule has 296 valence electrons. The molecule has 8 rings (SSSR count). The highest BCUT2D eigenvalue weighted by Gasteiger charge is 2.40. The van der Waals surface area contributed by atoms with Crippen molar-refractivity contribution in [2.75, 3.05) is 27.2 Å². The van der Waals surface area contributed by atoms with E-state index >= 15 is 0 Å². The van der Waals surface area contributed by atoms with E-state index in [4.69, 9.17) is 9.72 Å². The predicted molar refractivity (Wildman–Crippen MR) is 216 cm³/mol. The summed E-state index contributed by atoms with van der Waals surface area (Å²) in [5, 5.41) is 12.5. The van der Waals surface area contributed by atoms with Gasteiger partial charge < -0.3 is 34.9 Å². The number of likely N-dealkylation sites (tertiary alicyclic amines) is 2. The van der Waals surface area contributed by atoms with Crippen LogP contribution in [0.3, 0.4) is 0 Å². The number of methoxy groups -OCH3 is 1. The van der Waals surface area contributed by atoms with Gasteiger partial charge >= 0.3 is 12.2 Å². The fourth-order valence-corrected chi connectivity index (χ4v) is 8.20. The van der Waals surface area contributed by atoms with Crippen LogP contribution < -0.4 is 5.32 Å². The van der Waals surface area contributed by atoms with E-state index in [0.29, 0.717) is 42.3 Å². The average molecular weight is 781 g/mol. The Bertz CT molecular complexity index is 2430. The van der Waals surface area contributed by atoms with Crippen LogP contribution in [-0.4, -0.2) is 91.0 Å². The fraction of sp³-hybridized carbons (Fsp3) is 0.273. The van der Waals surface area contributed by atoms with Crippen LogP contribution in [-0.2, 0) is 14.3 Å². The molecule has 4 heterocycles. The molecule has 4 amide bonds. The van der Waals surface area contributed by atoms with Crippen LogP contribution in [0.25, 0.3) is 33.4 Å². The number of hydrogen-bond acceptors (Lipinski definition) is 7. The number of carboxylic acid groups (broad SMARTS) is 1. The van der Waals surface area contributed by atoms with Crippen LogP contribution in [0.4, 0.5) is 9.59 Å². The third-order valence-corrected chi connectivity index (χ3v) is 11.2. The monoisotopic (exact) mass is 780 g/mol. The number of carbonyl (C=O) groups is 4. The molecule has 0 bridgehead atoms. The molecule has 4 aromatic carbocycles. The zero-order valence-electron chi connectivity index (χ0n) is 32.2. The molecule has 2 aliphatic rings. The van der Waals surface area contributed by atoms with Crippen LogP contribution in [0.5, 0.6) is 0 Å². The summed E-state index contributed by atoms with van der Waals surface area (Å²) < 4.78 is 4.83. The van der Waals surface area contributed by atoms with Gasteiger partial charge in [0.2, 0.25) is 0 Å². The lowest BCUT2D eigenvalue weighted by Crippen LogP contribution is -2.43. The number of amides is 4. The molecule has 0 unspecified atom stereocenters. The Kier molecular flexibility index (Phi) is 10.6. The quantitative estimate of drug-likeness (QED) is 0.111. The number of fused-ring (bicyclic) bond motifs is 1. The predicted octanol–water partition coefficient (Wildman–Crippen LogP) is 7.40. The van der Waals surface area contributed by atoms with Crippen molar-refractivity contribution in [2.45, 2.75) is 49.9 Å². The SMILES string of the molecule is COC(=O)N[C@@H](C(=O)N1CCC[C@H]1c1nc2ccc(-c3ccc(-c4cnc([C@@H]5CCCN5C(=O)[C@@H](c5ccccc5)N(C)C(=O)O)[nH]4)cc3)cc2[nH]1)c1ccccc1. The van der Waals surface area contributed by atoms with Crippen molar-refractivity contribution in [1.82, 2.24) is 40.0 Å². The number of aromatic amines is 2. The number of hydrogen-bond donors (Lipinski definition) is 4. The molecule has 4 atom stereocenters. The van der Waals surface area contributed by atoms with Gasteiger partial charge in [0, 0.05) is 20.1 Å². The molecule has 14 nitrogen and oxygen atoms in total. The number of likely N-dealkylation sites (N-methyl/N-ethyl adjacent to an activating group) is 1. The van der Waals surface area contributed by atoms with E-state index in [2.05, 4.69) is 26.3 Å². The first-order valence-corrected chi connectivity index (χ1v) is 19.4. The minimum atomic E-state index is -1.18. The minimum absolute atomic E-state index is 0.223. The van der Waals surface area contributed by atoms with Gasteiger partial charge in [0.05, 0.1) is 42.1 Å². The van der Waals surface area contributed by atoms with Crippen molar-refractivity contribution in [3.05, 3.63) is 132 Å². The Labute approximate surface area is 334 Å². The minimum Gasteiger partial charge on any atom is -0.465 e. The molecule has 58 heavy (non-hydrogen) atoms. The number of ether oxygens (including phenoxy) is 1. The van der Waals surface area contributed by atoms with Crippen LogP contribution in [0.2, 0.25) is 0 Å². The Balaban J connectivity index is 0.978. The second-order valence-corrected chi connectivity index (χ2v) is 14.7. The highest BCUT2D eigenvalue weighted by molar-refractivity contribution is 5.88. The van der Waals surface area contributed by atoms with Gasteiger partial charge in [-0.1, -0.05) is 91.0 Å². The first kappa shape index (κ1) is 37.9. The molecule has 4 N–H and O–H groups in total. The molecule has 0 aliphatic carbocycles. The van der Waals surface area contributed by atoms with Crippen molar-refractivity contribution < 1.29 is 29.0 Å². The van der Waals surface area contributed by atoms with Crippen molar-refractivity contribution in [1.29, 1.82) is 0 Å². The number of nitrogens with one attached hydrogen (secondary N) is 3. The number of imidazole rings is 2. The van der Waals surface area contributed by atoms with E-state index in [9.17, 15) is 24.3 Å². The Morgan fingerprint density at radius 3 is 2.03 bits per heavy atom. The number of alkyl carbamates (subject to hydrolysis) is 1. The number of carbonyl (C=O) groups excluding carboxylic acids is 3. The lowest BCUT2D eigenvalue weighted by molar-refractivity contribution is -0.137. The second kappa shape index (κ2) is 16.3. The van der Waals surface area contributed by atoms with E-state index < -0.39 is 24.3 Å². The Morgan fingerprint density at radius 1 is 0.776 bits per heavy atom. The van der Waals surface area contributed by atoms with E-state index in [0.717, 1.165) is 57.6 Å². The molecule has 2 aliphatic heterocycles. The third-order valence-electron chi connectivity index (χ3n) is 11.2. The van der Waals surface area contributed by atoms with Crippen LogP contribution >= 0.6 is 0 Å². The lowest BCUT2D eigenvalue weighted by atomic mass is 10.0. The summed E-state index contributed by atoms with van der Waals surface area (Å²) in [6.07, 6.45) is 2.95. The maximum atomic E-state index is 14.0. The van der Waals surface area contributed by atoms with Gasteiger partial charge in [-0.2, -0.15) is 0 Å². The largest absolute Gasteiger partial charge is 0.465 e. The molecule has 0 spiro atoms. The molecule has 2 aromatic heterocycles. The first-order valence-electron chi connectivity index (χ1n) is 19.4. The van der Waals surface area contributed by atoms with E-state index in [1.807, 2.05) is 72.8 Å². The van der Waals surface area contributed by atoms with E-state index in [-0.39, 0.29) is 23.9 Å². The van der Waals surface area contributed by atoms with Gasteiger partial charge in [-0.15, -0.1) is 0 Å². The summed E-state index contributed by atoms with van der Waals surface area (Å²) in [4.78, 5) is 73.3. The normalized spacial score (nSPS) is 17.6. The van der Waals surface area contributed by atoms with Crippen LogP contribution in [0.15, 0.2) is 109 Å². The topological polar surface area (TPSA) is 177 Å². The number of nitrogens with zero attached hydrogens (tertiary/aromatic N) is 5. The zero-order valence-corrected chi connectivity index (χ0v) is 32.2. The van der Waals surface area contributed by atoms with Crippen LogP contribution in [0.1, 0.15) is 72.6 Å². The lowest BCUT2D eigenvalue weighted by Gasteiger charge is -2.32. The first-order chi connectivity index (χ1) is 28.2. The van der Waals surface area contributed by atoms with E-state index in [1.165, 1.54) is 14.2 Å². The van der Waals surface area contributed by atoms with Crippen molar-refractivity contribution in [3.8, 4) is 22.4 Å². The summed E-state index contributed by atoms with van der Waals surface area (Å²) in [5.41, 5.74) is 6.65. The maximum absolute atomic E-state index is 14.0. The Hall–Kier alpha value is -6.96. The molecular weight excluding hydrogens is 737 g/mol. The summed E-state index contributed by atoms with van der Waals surface area (Å²) in [5.74, 6) is 0.855. The summed E-state index contributed by atoms with van der Waals surface area (Å²) in [7, 11) is 2.70. The number of aromatic nitrogens is 4. The van der Waals surface area contributed by atoms with E-state index in [1.54, 1.807) is 40.3 Å². The Morgan fingerprint density at radius 2 is 1.38 bits per heavy atom. The number of benzene rings is 4. The van der Waals surface area contributed by atoms with Gasteiger partial charge in [-0.05, 0) is 65.6 Å². The summed E-state index contributed by atoms with van der Waals surface area (Å²) in [6, 6.07) is 29.9. The van der Waals surface area contributed by atoms with Crippen molar-refractivity contribution in [2.24, 2.45) is 0 Å². The van der Waals surface area contributed by atoms with Gasteiger partial charge in [-0.3, -0.25) is 14.5 Å². The molecule has 2 fully saturated rings. The highest BCUT2D eigenvalue weighted by atomic mass is 16.5. The van der Waals surface area contributed by atoms with Gasteiger partial charge in [-0.25, -0.2) is 19.6 Å². The molecular formula is C44H44N8O6.